The molecule has 0 spiro atoms. The van der Waals surface area contributed by atoms with Crippen LogP contribution in [0.4, 0.5) is 0 Å². The third-order valence-corrected chi connectivity index (χ3v) is 2.84. The van der Waals surface area contributed by atoms with E-state index in [9.17, 15) is 4.79 Å². The number of primary amides is 1. The molecule has 2 N–H and O–H groups in total. The molecule has 2 nitrogen and oxygen atoms in total. The maximum Gasteiger partial charge on any atom is 0.249 e. The van der Waals surface area contributed by atoms with Crippen molar-refractivity contribution in [1.29, 1.82) is 0 Å². The van der Waals surface area contributed by atoms with Gasteiger partial charge in [0.1, 0.15) is 0 Å². The van der Waals surface area contributed by atoms with Gasteiger partial charge in [0.15, 0.2) is 0 Å². The van der Waals surface area contributed by atoms with Gasteiger partial charge in [-0.25, -0.2) is 0 Å². The van der Waals surface area contributed by atoms with E-state index in [1.807, 2.05) is 48.5 Å². The third kappa shape index (κ3) is 2.48. The minimum absolute atomic E-state index is 0.402. The predicted molar refractivity (Wildman–Crippen MR) is 74.3 cm³/mol. The average molecular weight is 237 g/mol. The third-order valence-electron chi connectivity index (χ3n) is 2.84. The summed E-state index contributed by atoms with van der Waals surface area (Å²) < 4.78 is 0. The van der Waals surface area contributed by atoms with E-state index in [0.29, 0.717) is 5.56 Å². The van der Waals surface area contributed by atoms with Crippen LogP contribution < -0.4 is 5.73 Å². The normalized spacial score (nSPS) is 10.0. The Balaban J connectivity index is 2.42. The molecule has 0 aliphatic rings. The lowest BCUT2D eigenvalue weighted by Crippen LogP contribution is -2.12. The van der Waals surface area contributed by atoms with Crippen LogP contribution >= 0.6 is 0 Å². The zero-order valence-corrected chi connectivity index (χ0v) is 10.1. The number of nitrogens with two attached hydrogens (primary N) is 1. The minimum atomic E-state index is -0.402. The van der Waals surface area contributed by atoms with Crippen LogP contribution in [-0.2, 0) is 6.42 Å². The molecule has 2 rings (SSSR count). The second kappa shape index (κ2) is 5.32. The standard InChI is InChI=1S/C16H15NO/c1-2-5-12-8-10-13(11-9-12)14-6-3-4-7-15(14)16(17)18/h2-4,6-11H,1,5H2,(H2,17,18). The van der Waals surface area contributed by atoms with Gasteiger partial charge in [0.25, 0.3) is 0 Å². The first kappa shape index (κ1) is 12.1. The van der Waals surface area contributed by atoms with Gasteiger partial charge in [-0.05, 0) is 29.2 Å². The van der Waals surface area contributed by atoms with Gasteiger partial charge < -0.3 is 5.73 Å². The molecule has 0 aromatic heterocycles. The number of hydrogen-bond donors (Lipinski definition) is 1. The Kier molecular flexibility index (Phi) is 3.58. The molecule has 0 unspecified atom stereocenters. The van der Waals surface area contributed by atoms with E-state index < -0.39 is 5.91 Å². The van der Waals surface area contributed by atoms with Crippen molar-refractivity contribution in [3.8, 4) is 11.1 Å². The number of carbonyl (C=O) groups excluding carboxylic acids is 1. The number of carbonyl (C=O) groups is 1. The van der Waals surface area contributed by atoms with E-state index in [4.69, 9.17) is 5.73 Å². The highest BCUT2D eigenvalue weighted by atomic mass is 16.1. The van der Waals surface area contributed by atoms with Crippen molar-refractivity contribution < 1.29 is 4.79 Å². The number of rotatable bonds is 4. The molecule has 0 heterocycles. The average Bonchev–Trinajstić information content (AvgIpc) is 2.40. The molecule has 0 aliphatic heterocycles. The fourth-order valence-electron chi connectivity index (χ4n) is 1.94. The summed E-state index contributed by atoms with van der Waals surface area (Å²) in [6.07, 6.45) is 2.71. The second-order valence-electron chi connectivity index (χ2n) is 4.10. The lowest BCUT2D eigenvalue weighted by molar-refractivity contribution is 0.100. The van der Waals surface area contributed by atoms with Crippen molar-refractivity contribution in [2.75, 3.05) is 0 Å². The van der Waals surface area contributed by atoms with Gasteiger partial charge in [-0.2, -0.15) is 0 Å². The smallest absolute Gasteiger partial charge is 0.249 e. The van der Waals surface area contributed by atoms with Crippen LogP contribution in [0.3, 0.4) is 0 Å². The Labute approximate surface area is 107 Å². The molecule has 0 saturated carbocycles. The first-order valence-electron chi connectivity index (χ1n) is 5.81. The van der Waals surface area contributed by atoms with Crippen LogP contribution in [0.25, 0.3) is 11.1 Å². The molecular formula is C16H15NO. The monoisotopic (exact) mass is 237 g/mol. The zero-order valence-electron chi connectivity index (χ0n) is 10.1. The Hall–Kier alpha value is -2.35. The van der Waals surface area contributed by atoms with Crippen molar-refractivity contribution in [1.82, 2.24) is 0 Å². The minimum Gasteiger partial charge on any atom is -0.366 e. The highest BCUT2D eigenvalue weighted by Gasteiger charge is 2.08. The van der Waals surface area contributed by atoms with E-state index in [0.717, 1.165) is 17.5 Å². The number of benzene rings is 2. The van der Waals surface area contributed by atoms with E-state index in [1.54, 1.807) is 6.07 Å². The second-order valence-corrected chi connectivity index (χ2v) is 4.10. The van der Waals surface area contributed by atoms with Gasteiger partial charge in [0.05, 0.1) is 0 Å². The molecule has 2 heteroatoms. The maximum absolute atomic E-state index is 11.4. The summed E-state index contributed by atoms with van der Waals surface area (Å²) in [5.74, 6) is -0.402. The quantitative estimate of drug-likeness (QED) is 0.815. The van der Waals surface area contributed by atoms with E-state index in [-0.39, 0.29) is 0 Å². The van der Waals surface area contributed by atoms with Gasteiger partial charge in [-0.1, -0.05) is 48.5 Å². The van der Waals surface area contributed by atoms with Gasteiger partial charge >= 0.3 is 0 Å². The summed E-state index contributed by atoms with van der Waals surface area (Å²) in [4.78, 5) is 11.4. The summed E-state index contributed by atoms with van der Waals surface area (Å²) in [6.45, 7) is 3.71. The molecule has 90 valence electrons. The summed E-state index contributed by atoms with van der Waals surface area (Å²) in [5.41, 5.74) is 8.99. The lowest BCUT2D eigenvalue weighted by Gasteiger charge is -2.07. The van der Waals surface area contributed by atoms with Crippen LogP contribution in [0.2, 0.25) is 0 Å². The summed E-state index contributed by atoms with van der Waals surface area (Å²) in [6, 6.07) is 15.4. The van der Waals surface area contributed by atoms with Gasteiger partial charge in [-0.3, -0.25) is 4.79 Å². The summed E-state index contributed by atoms with van der Waals surface area (Å²) in [7, 11) is 0. The Morgan fingerprint density at radius 1 is 1.11 bits per heavy atom. The van der Waals surface area contributed by atoms with Crippen molar-refractivity contribution in [3.63, 3.8) is 0 Å². The van der Waals surface area contributed by atoms with Crippen LogP contribution in [0, 0.1) is 0 Å². The van der Waals surface area contributed by atoms with Crippen LogP contribution in [0.1, 0.15) is 15.9 Å². The molecule has 2 aromatic rings. The largest absolute Gasteiger partial charge is 0.366 e. The summed E-state index contributed by atoms with van der Waals surface area (Å²) >= 11 is 0. The molecule has 18 heavy (non-hydrogen) atoms. The first-order valence-corrected chi connectivity index (χ1v) is 5.81. The SMILES string of the molecule is C=CCc1ccc(-c2ccccc2C(N)=O)cc1. The summed E-state index contributed by atoms with van der Waals surface area (Å²) in [5, 5.41) is 0. The predicted octanol–water partition coefficient (Wildman–Crippen LogP) is 3.18. The molecule has 1 amide bonds. The molecule has 0 saturated heterocycles. The molecule has 0 atom stereocenters. The van der Waals surface area contributed by atoms with Gasteiger partial charge in [-0.15, -0.1) is 6.58 Å². The van der Waals surface area contributed by atoms with Crippen LogP contribution in [0.15, 0.2) is 61.2 Å². The molecule has 0 aliphatic carbocycles. The van der Waals surface area contributed by atoms with Crippen molar-refractivity contribution in [3.05, 3.63) is 72.3 Å². The van der Waals surface area contributed by atoms with Crippen molar-refractivity contribution >= 4 is 5.91 Å². The number of hydrogen-bond acceptors (Lipinski definition) is 1. The maximum atomic E-state index is 11.4. The molecule has 0 fully saturated rings. The highest BCUT2D eigenvalue weighted by Crippen LogP contribution is 2.23. The fourth-order valence-corrected chi connectivity index (χ4v) is 1.94. The topological polar surface area (TPSA) is 43.1 Å². The van der Waals surface area contributed by atoms with E-state index in [2.05, 4.69) is 6.58 Å². The van der Waals surface area contributed by atoms with Gasteiger partial charge in [0, 0.05) is 5.56 Å². The Morgan fingerprint density at radius 2 is 1.78 bits per heavy atom. The number of amides is 1. The van der Waals surface area contributed by atoms with Crippen molar-refractivity contribution in [2.45, 2.75) is 6.42 Å². The lowest BCUT2D eigenvalue weighted by atomic mass is 9.98. The van der Waals surface area contributed by atoms with Crippen molar-refractivity contribution in [2.24, 2.45) is 5.73 Å². The fraction of sp³-hybridized carbons (Fsp3) is 0.0625. The van der Waals surface area contributed by atoms with Gasteiger partial charge in [0.2, 0.25) is 5.91 Å². The molecular weight excluding hydrogens is 222 g/mol. The molecule has 0 bridgehead atoms. The molecule has 0 radical (unpaired) electrons. The Morgan fingerprint density at radius 3 is 2.39 bits per heavy atom. The first-order chi connectivity index (χ1) is 8.72. The van der Waals surface area contributed by atoms with Crippen LogP contribution in [0.5, 0.6) is 0 Å². The van der Waals surface area contributed by atoms with E-state index in [1.165, 1.54) is 5.56 Å². The Bertz CT molecular complexity index is 570. The van der Waals surface area contributed by atoms with E-state index >= 15 is 0 Å². The van der Waals surface area contributed by atoms with Crippen LogP contribution in [-0.4, -0.2) is 5.91 Å². The molecule has 2 aromatic carbocycles. The number of allylic oxidation sites excluding steroid dienone is 1. The zero-order chi connectivity index (χ0) is 13.0. The highest BCUT2D eigenvalue weighted by molar-refractivity contribution is 5.99.